The topological polar surface area (TPSA) is 55.0 Å². The van der Waals surface area contributed by atoms with E-state index in [4.69, 9.17) is 5.73 Å². The quantitative estimate of drug-likeness (QED) is 0.110. The van der Waals surface area contributed by atoms with Gasteiger partial charge in [-0.25, -0.2) is 0 Å². The summed E-state index contributed by atoms with van der Waals surface area (Å²) in [5, 5.41) is 20.2. The zero-order chi connectivity index (χ0) is 35.3. The number of aromatic nitrogens is 1. The third kappa shape index (κ3) is 5.35. The van der Waals surface area contributed by atoms with Gasteiger partial charge in [0.15, 0.2) is 0 Å². The Bertz CT molecular complexity index is 2960. The molecule has 2 unspecified atom stereocenters. The van der Waals surface area contributed by atoms with Crippen molar-refractivity contribution in [2.24, 2.45) is 5.73 Å². The Morgan fingerprint density at radius 3 is 1.96 bits per heavy atom. The number of rotatable bonds is 8. The second-order valence-corrected chi connectivity index (χ2v) is 13.9. The Kier molecular flexibility index (Phi) is 7.73. The lowest BCUT2D eigenvalue weighted by atomic mass is 9.93. The molecule has 0 aliphatic heterocycles. The molecule has 4 heteroatoms. The molecule has 0 aliphatic carbocycles. The van der Waals surface area contributed by atoms with Gasteiger partial charge < -0.3 is 10.3 Å². The van der Waals surface area contributed by atoms with E-state index in [-0.39, 0.29) is 12.3 Å². The molecule has 254 valence electrons. The summed E-state index contributed by atoms with van der Waals surface area (Å²) in [5.74, 6) is 0. The second kappa shape index (κ2) is 13.0. The minimum absolute atomic E-state index is 0.197. The standard InChI is InChI=1S/C49H38N4/c50-48(35-17-2-1-3-18-35)52-49(42-26-13-19-33-15-4-6-21-37(33)42)51-31-32-14-12-20-36(30-32)53-44-27-11-10-25-43(44)46-45-38-22-7-5-16-34(38)28-29-40(45)39-23-8-9-24-41(39)47(46)53/h1-30,48-49,51-52H,31,50H2. The maximum absolute atomic E-state index is 6.81. The minimum Gasteiger partial charge on any atom is -0.312 e. The van der Waals surface area contributed by atoms with E-state index in [2.05, 4.69) is 179 Å². The van der Waals surface area contributed by atoms with Crippen LogP contribution in [0, 0.1) is 0 Å². The summed E-state index contributed by atoms with van der Waals surface area (Å²) in [6, 6.07) is 65.3. The van der Waals surface area contributed by atoms with Gasteiger partial charge in [-0.1, -0.05) is 164 Å². The highest BCUT2D eigenvalue weighted by Crippen LogP contribution is 2.44. The SMILES string of the molecule is NC(NC(NCc1cccc(-n2c3ccccc3c3c4c5ccccc5ccc4c4ccccc4c32)c1)c1cccc2ccccc12)c1ccccc1. The van der Waals surface area contributed by atoms with Crippen molar-refractivity contribution < 1.29 is 0 Å². The number of nitrogens with one attached hydrogen (secondary N) is 2. The molecule has 0 spiro atoms. The fourth-order valence-corrected chi connectivity index (χ4v) is 8.43. The van der Waals surface area contributed by atoms with Crippen LogP contribution in [-0.2, 0) is 6.54 Å². The van der Waals surface area contributed by atoms with Gasteiger partial charge in [-0.2, -0.15) is 0 Å². The maximum atomic E-state index is 6.81. The summed E-state index contributed by atoms with van der Waals surface area (Å²) < 4.78 is 2.48. The minimum atomic E-state index is -0.351. The lowest BCUT2D eigenvalue weighted by Crippen LogP contribution is -2.39. The van der Waals surface area contributed by atoms with Gasteiger partial charge in [-0.3, -0.25) is 10.6 Å². The van der Waals surface area contributed by atoms with Crippen molar-refractivity contribution in [1.29, 1.82) is 0 Å². The molecule has 10 aromatic rings. The van der Waals surface area contributed by atoms with E-state index in [0.717, 1.165) is 11.3 Å². The third-order valence-electron chi connectivity index (χ3n) is 10.8. The van der Waals surface area contributed by atoms with Crippen molar-refractivity contribution in [2.45, 2.75) is 18.9 Å². The maximum Gasteiger partial charge on any atom is 0.0858 e. The van der Waals surface area contributed by atoms with Crippen molar-refractivity contribution in [2.75, 3.05) is 0 Å². The molecule has 4 N–H and O–H groups in total. The molecule has 9 aromatic carbocycles. The van der Waals surface area contributed by atoms with Gasteiger partial charge in [0, 0.05) is 33.8 Å². The van der Waals surface area contributed by atoms with Gasteiger partial charge in [-0.05, 0) is 67.2 Å². The normalized spacial score (nSPS) is 13.1. The van der Waals surface area contributed by atoms with E-state index in [1.807, 2.05) is 18.2 Å². The molecular formula is C49H38N4. The molecule has 4 nitrogen and oxygen atoms in total. The summed E-state index contributed by atoms with van der Waals surface area (Å²) >= 11 is 0. The van der Waals surface area contributed by atoms with Gasteiger partial charge in [0.2, 0.25) is 0 Å². The Hall–Kier alpha value is -6.30. The van der Waals surface area contributed by atoms with Crippen LogP contribution in [0.3, 0.4) is 0 Å². The van der Waals surface area contributed by atoms with Crippen LogP contribution in [-0.4, -0.2) is 4.57 Å². The van der Waals surface area contributed by atoms with Crippen LogP contribution in [0.4, 0.5) is 0 Å². The smallest absolute Gasteiger partial charge is 0.0858 e. The number of hydrogen-bond acceptors (Lipinski definition) is 3. The lowest BCUT2D eigenvalue weighted by Gasteiger charge is -2.26. The molecule has 0 radical (unpaired) electrons. The highest BCUT2D eigenvalue weighted by atomic mass is 15.2. The summed E-state index contributed by atoms with van der Waals surface area (Å²) in [5.41, 5.74) is 13.8. The van der Waals surface area contributed by atoms with Crippen molar-refractivity contribution in [3.8, 4) is 5.69 Å². The van der Waals surface area contributed by atoms with E-state index >= 15 is 0 Å². The van der Waals surface area contributed by atoms with Gasteiger partial charge >= 0.3 is 0 Å². The van der Waals surface area contributed by atoms with Crippen LogP contribution < -0.4 is 16.4 Å². The highest BCUT2D eigenvalue weighted by Gasteiger charge is 2.21. The first-order valence-electron chi connectivity index (χ1n) is 18.4. The molecule has 0 saturated heterocycles. The van der Waals surface area contributed by atoms with Gasteiger partial charge in [-0.15, -0.1) is 0 Å². The molecular weight excluding hydrogens is 645 g/mol. The number of hydrogen-bond donors (Lipinski definition) is 3. The Morgan fingerprint density at radius 1 is 0.491 bits per heavy atom. The number of nitrogens with two attached hydrogens (primary N) is 1. The van der Waals surface area contributed by atoms with E-state index in [1.54, 1.807) is 0 Å². The first-order chi connectivity index (χ1) is 26.2. The van der Waals surface area contributed by atoms with Crippen molar-refractivity contribution in [1.82, 2.24) is 15.2 Å². The number of para-hydroxylation sites is 1. The molecule has 10 rings (SSSR count). The van der Waals surface area contributed by atoms with Crippen LogP contribution in [0.15, 0.2) is 182 Å². The largest absolute Gasteiger partial charge is 0.312 e. The highest BCUT2D eigenvalue weighted by molar-refractivity contribution is 6.36. The number of benzene rings is 9. The number of fused-ring (bicyclic) bond motifs is 11. The van der Waals surface area contributed by atoms with Crippen LogP contribution in [0.2, 0.25) is 0 Å². The van der Waals surface area contributed by atoms with E-state index < -0.39 is 0 Å². The average Bonchev–Trinajstić information content (AvgIpc) is 3.58. The molecule has 1 aromatic heterocycles. The molecule has 2 atom stereocenters. The van der Waals surface area contributed by atoms with Crippen LogP contribution in [0.25, 0.3) is 70.6 Å². The van der Waals surface area contributed by atoms with Crippen LogP contribution >= 0.6 is 0 Å². The first-order valence-corrected chi connectivity index (χ1v) is 18.4. The predicted molar refractivity (Wildman–Crippen MR) is 223 cm³/mol. The van der Waals surface area contributed by atoms with E-state index in [9.17, 15) is 0 Å². The Labute approximate surface area is 308 Å². The predicted octanol–water partition coefficient (Wildman–Crippen LogP) is 11.4. The summed E-state index contributed by atoms with van der Waals surface area (Å²) in [6.45, 7) is 0.641. The van der Waals surface area contributed by atoms with Gasteiger partial charge in [0.05, 0.1) is 23.4 Å². The molecule has 1 heterocycles. The monoisotopic (exact) mass is 682 g/mol. The molecule has 0 bridgehead atoms. The van der Waals surface area contributed by atoms with Crippen LogP contribution in [0.5, 0.6) is 0 Å². The van der Waals surface area contributed by atoms with E-state index in [1.165, 1.54) is 76.0 Å². The molecule has 0 aliphatic rings. The van der Waals surface area contributed by atoms with Gasteiger partial charge in [0.25, 0.3) is 0 Å². The average molecular weight is 683 g/mol. The zero-order valence-electron chi connectivity index (χ0n) is 29.2. The third-order valence-corrected chi connectivity index (χ3v) is 10.8. The summed E-state index contributed by atoms with van der Waals surface area (Å²) in [6.07, 6.45) is -0.549. The first kappa shape index (κ1) is 31.4. The zero-order valence-corrected chi connectivity index (χ0v) is 29.2. The lowest BCUT2D eigenvalue weighted by molar-refractivity contribution is 0.388. The molecule has 53 heavy (non-hydrogen) atoms. The van der Waals surface area contributed by atoms with Crippen molar-refractivity contribution in [3.63, 3.8) is 0 Å². The molecule has 0 fully saturated rings. The van der Waals surface area contributed by atoms with Crippen molar-refractivity contribution in [3.05, 3.63) is 199 Å². The molecule has 0 amide bonds. The second-order valence-electron chi connectivity index (χ2n) is 13.9. The van der Waals surface area contributed by atoms with Crippen LogP contribution in [0.1, 0.15) is 29.0 Å². The number of nitrogens with zero attached hydrogens (tertiary/aromatic N) is 1. The Morgan fingerprint density at radius 2 is 1.13 bits per heavy atom. The van der Waals surface area contributed by atoms with Gasteiger partial charge in [0.1, 0.15) is 0 Å². The Balaban J connectivity index is 1.12. The van der Waals surface area contributed by atoms with Crippen molar-refractivity contribution >= 4 is 64.9 Å². The molecule has 0 saturated carbocycles. The summed E-state index contributed by atoms with van der Waals surface area (Å²) in [4.78, 5) is 0. The summed E-state index contributed by atoms with van der Waals surface area (Å²) in [7, 11) is 0. The fraction of sp³-hybridized carbons (Fsp3) is 0.0612. The fourth-order valence-electron chi connectivity index (χ4n) is 8.43. The van der Waals surface area contributed by atoms with E-state index in [0.29, 0.717) is 6.54 Å².